The number of benzene rings is 3. The zero-order chi connectivity index (χ0) is 40.1. The summed E-state index contributed by atoms with van der Waals surface area (Å²) in [5, 5.41) is 10.7. The molecule has 3 aromatic carbocycles. The minimum atomic E-state index is -5.49. The first-order valence-corrected chi connectivity index (χ1v) is 16.5. The van der Waals surface area contributed by atoms with Gasteiger partial charge in [0, 0.05) is 38.1 Å². The van der Waals surface area contributed by atoms with Gasteiger partial charge in [-0.15, -0.1) is 0 Å². The smallest absolute Gasteiger partial charge is 0.423 e. The molecule has 3 N–H and O–H groups in total. The third-order valence-corrected chi connectivity index (χ3v) is 8.30. The Hall–Kier alpha value is -5.87. The quantitative estimate of drug-likeness (QED) is 0.152. The van der Waals surface area contributed by atoms with Gasteiger partial charge in [-0.1, -0.05) is 62.4 Å². The Balaban J connectivity index is 2.00. The van der Waals surface area contributed by atoms with Gasteiger partial charge >= 0.3 is 24.1 Å². The van der Waals surface area contributed by atoms with Gasteiger partial charge in [-0.05, 0) is 42.2 Å². The predicted octanol–water partition coefficient (Wildman–Crippen LogP) is 4.41. The van der Waals surface area contributed by atoms with Crippen LogP contribution in [0.5, 0.6) is 17.2 Å². The van der Waals surface area contributed by atoms with Crippen LogP contribution in [0, 0.1) is 11.8 Å². The molecule has 0 spiro atoms. The van der Waals surface area contributed by atoms with E-state index in [1.165, 1.54) is 42.6 Å². The molecule has 0 saturated carbocycles. The van der Waals surface area contributed by atoms with E-state index in [9.17, 15) is 47.0 Å². The van der Waals surface area contributed by atoms with Crippen molar-refractivity contribution in [2.24, 2.45) is 17.6 Å². The Morgan fingerprint density at radius 2 is 1.33 bits per heavy atom. The summed E-state index contributed by atoms with van der Waals surface area (Å²) in [6, 6.07) is 16.2. The van der Waals surface area contributed by atoms with Gasteiger partial charge in [-0.2, -0.15) is 13.2 Å². The number of rotatable bonds is 12. The first kappa shape index (κ1) is 40.9. The SMILES string of the molecule is CC(=O)Oc1cc(C2=CN(C(=O)c3ccccc3)C(C(C)C)C(=O)N2CC(=O)C(Cc2ccccc2)C(N)(O)C(F)(F)F)cc(OC(C)=O)c1OC(C)=O. The molecular formula is C38H38F3N3O10. The molecule has 1 aliphatic rings. The van der Waals surface area contributed by atoms with Crippen LogP contribution in [0.25, 0.3) is 5.70 Å². The number of esters is 3. The summed E-state index contributed by atoms with van der Waals surface area (Å²) in [6.45, 7) is 5.16. The number of carbonyl (C=O) groups is 6. The van der Waals surface area contributed by atoms with Crippen LogP contribution in [0.1, 0.15) is 56.1 Å². The van der Waals surface area contributed by atoms with E-state index in [0.717, 1.165) is 42.7 Å². The molecule has 13 nitrogen and oxygen atoms in total. The monoisotopic (exact) mass is 753 g/mol. The molecule has 286 valence electrons. The van der Waals surface area contributed by atoms with E-state index < -0.39 is 95.5 Å². The predicted molar refractivity (Wildman–Crippen MR) is 185 cm³/mol. The lowest BCUT2D eigenvalue weighted by molar-refractivity contribution is -0.274. The summed E-state index contributed by atoms with van der Waals surface area (Å²) in [4.78, 5) is 81.0. The van der Waals surface area contributed by atoms with Gasteiger partial charge < -0.3 is 29.1 Å². The van der Waals surface area contributed by atoms with Crippen molar-refractivity contribution in [1.82, 2.24) is 9.80 Å². The minimum absolute atomic E-state index is 0.156. The molecule has 0 fully saturated rings. The maximum absolute atomic E-state index is 14.6. The van der Waals surface area contributed by atoms with Gasteiger partial charge in [-0.25, -0.2) is 0 Å². The number of ether oxygens (including phenoxy) is 3. The molecule has 0 radical (unpaired) electrons. The van der Waals surface area contributed by atoms with E-state index in [-0.39, 0.29) is 22.4 Å². The number of Topliss-reactive ketones (excluding diaryl/α,β-unsaturated/α-hetero) is 1. The van der Waals surface area contributed by atoms with Crippen molar-refractivity contribution in [2.45, 2.75) is 59.0 Å². The van der Waals surface area contributed by atoms with Crippen LogP contribution in [0.4, 0.5) is 13.2 Å². The molecule has 3 aromatic rings. The molecule has 16 heteroatoms. The summed E-state index contributed by atoms with van der Waals surface area (Å²) >= 11 is 0. The van der Waals surface area contributed by atoms with E-state index >= 15 is 0 Å². The number of hydrogen-bond acceptors (Lipinski definition) is 11. The zero-order valence-electron chi connectivity index (χ0n) is 29.9. The molecule has 54 heavy (non-hydrogen) atoms. The van der Waals surface area contributed by atoms with Crippen LogP contribution in [0.2, 0.25) is 0 Å². The molecule has 0 bridgehead atoms. The summed E-state index contributed by atoms with van der Waals surface area (Å²) in [5.41, 5.74) is 1.31. The lowest BCUT2D eigenvalue weighted by Gasteiger charge is -2.42. The van der Waals surface area contributed by atoms with Gasteiger partial charge in [0.05, 0.1) is 18.2 Å². The highest BCUT2D eigenvalue weighted by atomic mass is 19.4. The molecular weight excluding hydrogens is 715 g/mol. The Morgan fingerprint density at radius 1 is 0.833 bits per heavy atom. The highest BCUT2D eigenvalue weighted by Gasteiger charge is 2.58. The molecule has 0 saturated heterocycles. The first-order chi connectivity index (χ1) is 25.2. The first-order valence-electron chi connectivity index (χ1n) is 16.5. The maximum Gasteiger partial charge on any atom is 0.431 e. The van der Waals surface area contributed by atoms with Crippen LogP contribution >= 0.6 is 0 Å². The van der Waals surface area contributed by atoms with Crippen molar-refractivity contribution >= 4 is 41.2 Å². The summed E-state index contributed by atoms with van der Waals surface area (Å²) in [7, 11) is 0. The third kappa shape index (κ3) is 9.19. The number of halogens is 3. The highest BCUT2D eigenvalue weighted by Crippen LogP contribution is 2.43. The zero-order valence-corrected chi connectivity index (χ0v) is 29.9. The van der Waals surface area contributed by atoms with Crippen LogP contribution in [0.3, 0.4) is 0 Å². The number of aliphatic hydroxyl groups is 1. The fourth-order valence-corrected chi connectivity index (χ4v) is 5.85. The summed E-state index contributed by atoms with van der Waals surface area (Å²) in [5.74, 6) is -10.1. The number of carbonyl (C=O) groups excluding carboxylic acids is 6. The van der Waals surface area contributed by atoms with Crippen LogP contribution < -0.4 is 19.9 Å². The maximum atomic E-state index is 14.6. The standard InChI is InChI=1S/C38H38F3N3O10/c1-21(2)33-36(50)43(20-30(48)28(37(42,51)38(39,40)41)16-25-12-8-6-9-13-25)29(19-44(33)35(49)26-14-10-7-11-15-26)27-17-31(52-22(3)45)34(54-24(5)47)32(18-27)53-23(4)46/h6-15,17-19,21,28,33,51H,16,20,42H2,1-5H3. The Bertz CT molecular complexity index is 1930. The van der Waals surface area contributed by atoms with Crippen molar-refractivity contribution in [3.05, 3.63) is 95.7 Å². The van der Waals surface area contributed by atoms with Crippen molar-refractivity contribution in [1.29, 1.82) is 0 Å². The number of nitrogens with zero attached hydrogens (tertiary/aromatic N) is 2. The van der Waals surface area contributed by atoms with Gasteiger partial charge in [0.2, 0.25) is 11.5 Å². The molecule has 3 unspecified atom stereocenters. The van der Waals surface area contributed by atoms with Gasteiger partial charge in [0.25, 0.3) is 11.8 Å². The average Bonchev–Trinajstić information content (AvgIpc) is 3.08. The van der Waals surface area contributed by atoms with E-state index in [1.807, 2.05) is 0 Å². The molecule has 0 aliphatic carbocycles. The Labute approximate surface area is 308 Å². The molecule has 4 rings (SSSR count). The number of alkyl halides is 3. The van der Waals surface area contributed by atoms with Gasteiger partial charge in [0.1, 0.15) is 6.04 Å². The Kier molecular flexibility index (Phi) is 12.4. The fourth-order valence-electron chi connectivity index (χ4n) is 5.85. The fraction of sp³-hybridized carbons (Fsp3) is 0.316. The van der Waals surface area contributed by atoms with E-state index in [1.54, 1.807) is 38.1 Å². The topological polar surface area (TPSA) is 183 Å². The van der Waals surface area contributed by atoms with Crippen molar-refractivity contribution in [3.8, 4) is 17.2 Å². The molecule has 1 aliphatic heterocycles. The third-order valence-electron chi connectivity index (χ3n) is 8.30. The number of hydrogen-bond donors (Lipinski definition) is 2. The second-order valence-electron chi connectivity index (χ2n) is 12.8. The number of amides is 2. The molecule has 0 aromatic heterocycles. The molecule has 1 heterocycles. The lowest BCUT2D eigenvalue weighted by atomic mass is 9.84. The normalized spacial score (nSPS) is 16.2. The molecule has 3 atom stereocenters. The van der Waals surface area contributed by atoms with Crippen LogP contribution in [-0.4, -0.2) is 74.9 Å². The summed E-state index contributed by atoms with van der Waals surface area (Å²) in [6.07, 6.45) is -4.99. The second kappa shape index (κ2) is 16.4. The minimum Gasteiger partial charge on any atom is -0.423 e. The number of nitrogens with two attached hydrogens (primary N) is 1. The Morgan fingerprint density at radius 3 is 1.80 bits per heavy atom. The lowest BCUT2D eigenvalue weighted by Crippen LogP contribution is -2.63. The van der Waals surface area contributed by atoms with E-state index in [2.05, 4.69) is 0 Å². The molecule has 2 amide bonds. The van der Waals surface area contributed by atoms with Crippen molar-refractivity contribution in [2.75, 3.05) is 6.54 Å². The largest absolute Gasteiger partial charge is 0.431 e. The van der Waals surface area contributed by atoms with E-state index in [4.69, 9.17) is 19.9 Å². The average molecular weight is 754 g/mol. The van der Waals surface area contributed by atoms with Gasteiger partial charge in [0.15, 0.2) is 17.3 Å². The second-order valence-corrected chi connectivity index (χ2v) is 12.8. The van der Waals surface area contributed by atoms with E-state index in [0.29, 0.717) is 0 Å². The van der Waals surface area contributed by atoms with Gasteiger partial charge in [-0.3, -0.25) is 34.5 Å². The highest BCUT2D eigenvalue weighted by molar-refractivity contribution is 6.04. The van der Waals surface area contributed by atoms with Crippen LogP contribution in [0.15, 0.2) is 79.0 Å². The van der Waals surface area contributed by atoms with Crippen LogP contribution in [-0.2, 0) is 30.4 Å². The van der Waals surface area contributed by atoms with Crippen molar-refractivity contribution < 1.29 is 61.3 Å². The van der Waals surface area contributed by atoms with Crippen molar-refractivity contribution in [3.63, 3.8) is 0 Å². The number of ketones is 1. The summed E-state index contributed by atoms with van der Waals surface area (Å²) < 4.78 is 58.5.